The van der Waals surface area contributed by atoms with E-state index in [2.05, 4.69) is 19.9 Å². The van der Waals surface area contributed by atoms with Crippen molar-refractivity contribution in [3.05, 3.63) is 48.8 Å². The number of ether oxygens (including phenoxy) is 1. The molecule has 0 spiro atoms. The van der Waals surface area contributed by atoms with Crippen LogP contribution in [-0.2, 0) is 0 Å². The minimum Gasteiger partial charge on any atom is -0.497 e. The van der Waals surface area contributed by atoms with Crippen LogP contribution >= 0.6 is 11.8 Å². The molecule has 0 aliphatic heterocycles. The largest absolute Gasteiger partial charge is 0.497 e. The van der Waals surface area contributed by atoms with Gasteiger partial charge in [-0.2, -0.15) is 0 Å². The Kier molecular flexibility index (Phi) is 3.16. The number of nitrogens with zero attached hydrogens (tertiary/aromatic N) is 3. The fraction of sp³-hybridized carbons (Fsp3) is 0.0625. The summed E-state index contributed by atoms with van der Waals surface area (Å²) in [6.07, 6.45) is 1.56. The lowest BCUT2D eigenvalue weighted by atomic mass is 10.2. The predicted molar refractivity (Wildman–Crippen MR) is 86.3 cm³/mol. The molecule has 0 amide bonds. The Balaban J connectivity index is 1.77. The number of aromatic nitrogens is 4. The van der Waals surface area contributed by atoms with Gasteiger partial charge in [0.2, 0.25) is 0 Å². The topological polar surface area (TPSA) is 63.7 Å². The lowest BCUT2D eigenvalue weighted by molar-refractivity contribution is 0.415. The van der Waals surface area contributed by atoms with Crippen molar-refractivity contribution in [2.24, 2.45) is 0 Å². The number of H-pyrrole nitrogens is 1. The van der Waals surface area contributed by atoms with Crippen molar-refractivity contribution in [3.8, 4) is 5.75 Å². The normalized spacial score (nSPS) is 11.1. The van der Waals surface area contributed by atoms with Gasteiger partial charge in [-0.1, -0.05) is 12.1 Å². The van der Waals surface area contributed by atoms with Crippen molar-refractivity contribution in [1.29, 1.82) is 0 Å². The number of hydrogen-bond donors (Lipinski definition) is 1. The number of imidazole rings is 1. The van der Waals surface area contributed by atoms with E-state index < -0.39 is 0 Å². The molecule has 0 bridgehead atoms. The quantitative estimate of drug-likeness (QED) is 0.585. The molecule has 6 heteroatoms. The van der Waals surface area contributed by atoms with E-state index in [1.807, 2.05) is 42.5 Å². The van der Waals surface area contributed by atoms with Crippen LogP contribution in [0.15, 0.2) is 59.0 Å². The number of aromatic amines is 1. The molecule has 0 saturated heterocycles. The summed E-state index contributed by atoms with van der Waals surface area (Å²) in [6.45, 7) is 0. The molecule has 1 N–H and O–H groups in total. The van der Waals surface area contributed by atoms with Crippen LogP contribution < -0.4 is 4.74 Å². The first-order chi connectivity index (χ1) is 10.8. The van der Waals surface area contributed by atoms with Crippen molar-refractivity contribution in [2.45, 2.75) is 10.2 Å². The number of hydrogen-bond acceptors (Lipinski definition) is 5. The lowest BCUT2D eigenvalue weighted by Crippen LogP contribution is -1.89. The van der Waals surface area contributed by atoms with E-state index in [4.69, 9.17) is 4.74 Å². The summed E-state index contributed by atoms with van der Waals surface area (Å²) >= 11 is 1.50. The first-order valence-electron chi connectivity index (χ1n) is 6.75. The molecule has 2 aromatic carbocycles. The van der Waals surface area contributed by atoms with Crippen LogP contribution in [0.1, 0.15) is 0 Å². The summed E-state index contributed by atoms with van der Waals surface area (Å²) in [6, 6.07) is 13.7. The van der Waals surface area contributed by atoms with Crippen LogP contribution in [0, 0.1) is 0 Å². The molecule has 0 atom stereocenters. The van der Waals surface area contributed by atoms with Crippen molar-refractivity contribution >= 4 is 33.7 Å². The van der Waals surface area contributed by atoms with Crippen LogP contribution in [-0.4, -0.2) is 27.0 Å². The fourth-order valence-electron chi connectivity index (χ4n) is 2.29. The zero-order chi connectivity index (χ0) is 14.9. The third kappa shape index (κ3) is 2.27. The van der Waals surface area contributed by atoms with Crippen LogP contribution in [0.4, 0.5) is 0 Å². The monoisotopic (exact) mass is 308 g/mol. The Labute approximate surface area is 130 Å². The number of benzene rings is 2. The van der Waals surface area contributed by atoms with Crippen LogP contribution in [0.25, 0.3) is 21.9 Å². The standard InChI is InChI=1S/C16H12N4OS/c1-21-10-6-7-11-14(8-10)17-9-18-15(11)22-16-19-12-4-2-3-5-13(12)20-16/h2-9H,1H3,(H,19,20). The summed E-state index contributed by atoms with van der Waals surface area (Å²) in [4.78, 5) is 16.5. The molecule has 4 aromatic rings. The molecular formula is C16H12N4OS. The maximum absolute atomic E-state index is 5.23. The third-order valence-electron chi connectivity index (χ3n) is 3.37. The van der Waals surface area contributed by atoms with E-state index in [0.29, 0.717) is 0 Å². The summed E-state index contributed by atoms with van der Waals surface area (Å²) in [5.74, 6) is 0.783. The second kappa shape index (κ2) is 5.31. The fourth-order valence-corrected chi connectivity index (χ4v) is 3.16. The zero-order valence-electron chi connectivity index (χ0n) is 11.8. The maximum atomic E-state index is 5.23. The Bertz CT molecular complexity index is 934. The van der Waals surface area contributed by atoms with Crippen LogP contribution in [0.5, 0.6) is 5.75 Å². The SMILES string of the molecule is COc1ccc2c(Sc3nc4ccccc4[nH]3)ncnc2c1. The average Bonchev–Trinajstić information content (AvgIpc) is 2.97. The Morgan fingerprint density at radius 1 is 1.05 bits per heavy atom. The van der Waals surface area contributed by atoms with Crippen molar-refractivity contribution in [1.82, 2.24) is 19.9 Å². The molecule has 0 fully saturated rings. The summed E-state index contributed by atoms with van der Waals surface area (Å²) in [5.41, 5.74) is 2.82. The van der Waals surface area contributed by atoms with Crippen LogP contribution in [0.3, 0.4) is 0 Å². The number of fused-ring (bicyclic) bond motifs is 2. The van der Waals surface area contributed by atoms with Gasteiger partial charge in [-0.15, -0.1) is 0 Å². The van der Waals surface area contributed by atoms with Crippen molar-refractivity contribution in [2.75, 3.05) is 7.11 Å². The minimum atomic E-state index is 0.783. The van der Waals surface area contributed by atoms with Crippen molar-refractivity contribution in [3.63, 3.8) is 0 Å². The van der Waals surface area contributed by atoms with E-state index >= 15 is 0 Å². The number of nitrogens with one attached hydrogen (secondary N) is 1. The van der Waals surface area contributed by atoms with Crippen LogP contribution in [0.2, 0.25) is 0 Å². The molecule has 0 aliphatic carbocycles. The summed E-state index contributed by atoms with van der Waals surface area (Å²) in [7, 11) is 1.65. The van der Waals surface area contributed by atoms with Gasteiger partial charge in [-0.05, 0) is 36.0 Å². The van der Waals surface area contributed by atoms with E-state index in [1.165, 1.54) is 11.8 Å². The van der Waals surface area contributed by atoms with Gasteiger partial charge in [-0.25, -0.2) is 15.0 Å². The second-order valence-electron chi connectivity index (χ2n) is 4.72. The molecule has 2 aromatic heterocycles. The van der Waals surface area contributed by atoms with E-state index in [-0.39, 0.29) is 0 Å². The number of para-hydroxylation sites is 2. The van der Waals surface area contributed by atoms with E-state index in [1.54, 1.807) is 13.4 Å². The van der Waals surface area contributed by atoms with Gasteiger partial charge in [0.1, 0.15) is 17.1 Å². The first-order valence-corrected chi connectivity index (χ1v) is 7.56. The zero-order valence-corrected chi connectivity index (χ0v) is 12.6. The van der Waals surface area contributed by atoms with Gasteiger partial charge in [0.05, 0.1) is 23.7 Å². The highest BCUT2D eigenvalue weighted by Gasteiger charge is 2.09. The van der Waals surface area contributed by atoms with Crippen molar-refractivity contribution < 1.29 is 4.74 Å². The molecule has 2 heterocycles. The highest BCUT2D eigenvalue weighted by atomic mass is 32.2. The molecule has 108 valence electrons. The van der Waals surface area contributed by atoms with Gasteiger partial charge in [0, 0.05) is 11.5 Å². The third-order valence-corrected chi connectivity index (χ3v) is 4.27. The average molecular weight is 308 g/mol. The highest BCUT2D eigenvalue weighted by Crippen LogP contribution is 2.31. The van der Waals surface area contributed by atoms with E-state index in [9.17, 15) is 0 Å². The molecule has 4 rings (SSSR count). The maximum Gasteiger partial charge on any atom is 0.172 e. The van der Waals surface area contributed by atoms with Gasteiger partial charge >= 0.3 is 0 Å². The molecule has 0 radical (unpaired) electrons. The second-order valence-corrected chi connectivity index (χ2v) is 5.70. The number of rotatable bonds is 3. The Morgan fingerprint density at radius 2 is 1.95 bits per heavy atom. The molecule has 22 heavy (non-hydrogen) atoms. The minimum absolute atomic E-state index is 0.783. The molecule has 0 unspecified atom stereocenters. The molecular weight excluding hydrogens is 296 g/mol. The molecule has 0 aliphatic rings. The van der Waals surface area contributed by atoms with Gasteiger partial charge in [0.15, 0.2) is 5.16 Å². The summed E-state index contributed by atoms with van der Waals surface area (Å²) < 4.78 is 5.23. The van der Waals surface area contributed by atoms with E-state index in [0.717, 1.165) is 37.9 Å². The lowest BCUT2D eigenvalue weighted by Gasteiger charge is -2.04. The van der Waals surface area contributed by atoms with Gasteiger partial charge in [-0.3, -0.25) is 0 Å². The number of methoxy groups -OCH3 is 1. The predicted octanol–water partition coefficient (Wildman–Crippen LogP) is 3.67. The van der Waals surface area contributed by atoms with Gasteiger partial charge in [0.25, 0.3) is 0 Å². The Hall–Kier alpha value is -2.60. The smallest absolute Gasteiger partial charge is 0.172 e. The van der Waals surface area contributed by atoms with Gasteiger partial charge < -0.3 is 9.72 Å². The Morgan fingerprint density at radius 3 is 2.82 bits per heavy atom. The highest BCUT2D eigenvalue weighted by molar-refractivity contribution is 7.99. The molecule has 0 saturated carbocycles. The summed E-state index contributed by atoms with van der Waals surface area (Å²) in [5, 5.41) is 2.66. The molecule has 5 nitrogen and oxygen atoms in total. The first kappa shape index (κ1) is 13.1.